The van der Waals surface area contributed by atoms with Gasteiger partial charge in [-0.2, -0.15) is 0 Å². The Kier molecular flexibility index (Phi) is 7.50. The van der Waals surface area contributed by atoms with Gasteiger partial charge in [0.15, 0.2) is 0 Å². The van der Waals surface area contributed by atoms with Crippen molar-refractivity contribution in [1.82, 2.24) is 15.1 Å². The maximum atomic E-state index is 13.6. The second-order valence-corrected chi connectivity index (χ2v) is 9.08. The number of nitrogens with one attached hydrogen (secondary N) is 1. The molecular formula is C27H33N3O4. The molecule has 0 spiro atoms. The van der Waals surface area contributed by atoms with Crippen molar-refractivity contribution in [3.05, 3.63) is 65.2 Å². The van der Waals surface area contributed by atoms with E-state index < -0.39 is 12.1 Å². The number of ether oxygens (including phenoxy) is 1. The number of hydrogen-bond donors (Lipinski definition) is 1. The van der Waals surface area contributed by atoms with Crippen LogP contribution in [-0.4, -0.2) is 59.8 Å². The van der Waals surface area contributed by atoms with Crippen LogP contribution in [0, 0.1) is 6.92 Å². The SMILES string of the molecule is COc1cccc(CNC(=O)[C@@H]2CCCN2C(=O)[C@H]2CCCCN2C(=O)c2ccccc2C)c1. The number of rotatable bonds is 6. The van der Waals surface area contributed by atoms with Gasteiger partial charge in [0.1, 0.15) is 17.8 Å². The molecule has 2 aliphatic rings. The van der Waals surface area contributed by atoms with Crippen LogP contribution in [0.15, 0.2) is 48.5 Å². The Hall–Kier alpha value is -3.35. The summed E-state index contributed by atoms with van der Waals surface area (Å²) in [5.41, 5.74) is 2.47. The lowest BCUT2D eigenvalue weighted by Gasteiger charge is -2.38. The van der Waals surface area contributed by atoms with Gasteiger partial charge >= 0.3 is 0 Å². The Balaban J connectivity index is 1.45. The van der Waals surface area contributed by atoms with Gasteiger partial charge in [-0.3, -0.25) is 14.4 Å². The summed E-state index contributed by atoms with van der Waals surface area (Å²) in [4.78, 5) is 43.4. The van der Waals surface area contributed by atoms with Crippen LogP contribution in [0.5, 0.6) is 5.75 Å². The molecule has 2 saturated heterocycles. The number of carbonyl (C=O) groups is 3. The Morgan fingerprint density at radius 1 is 0.941 bits per heavy atom. The zero-order valence-electron chi connectivity index (χ0n) is 20.0. The fourth-order valence-corrected chi connectivity index (χ4v) is 4.98. The van der Waals surface area contributed by atoms with Crippen molar-refractivity contribution >= 4 is 17.7 Å². The van der Waals surface area contributed by atoms with Crippen LogP contribution < -0.4 is 10.1 Å². The molecule has 0 aromatic heterocycles. The monoisotopic (exact) mass is 463 g/mol. The van der Waals surface area contributed by atoms with Crippen molar-refractivity contribution in [1.29, 1.82) is 0 Å². The summed E-state index contributed by atoms with van der Waals surface area (Å²) in [7, 11) is 1.61. The minimum atomic E-state index is -0.521. The molecule has 34 heavy (non-hydrogen) atoms. The standard InChI is InChI=1S/C27H33N3O4/c1-19-9-3-4-12-22(19)26(32)30-15-6-5-13-24(30)27(33)29-16-8-14-23(29)25(31)28-18-20-10-7-11-21(17-20)34-2/h3-4,7,9-12,17,23-24H,5-6,8,13-16,18H2,1-2H3,(H,28,31)/t23-,24+/m0/s1. The first-order valence-corrected chi connectivity index (χ1v) is 12.1. The average Bonchev–Trinajstić information content (AvgIpc) is 3.37. The molecule has 0 saturated carbocycles. The summed E-state index contributed by atoms with van der Waals surface area (Å²) >= 11 is 0. The second-order valence-electron chi connectivity index (χ2n) is 9.08. The highest BCUT2D eigenvalue weighted by molar-refractivity contribution is 5.99. The average molecular weight is 464 g/mol. The number of benzene rings is 2. The molecule has 2 aliphatic heterocycles. The topological polar surface area (TPSA) is 79.0 Å². The normalized spacial score (nSPS) is 20.2. The molecule has 3 amide bonds. The van der Waals surface area contributed by atoms with Gasteiger partial charge in [-0.05, 0) is 68.4 Å². The number of amides is 3. The van der Waals surface area contributed by atoms with Crippen molar-refractivity contribution in [3.63, 3.8) is 0 Å². The van der Waals surface area contributed by atoms with Crippen LogP contribution in [0.3, 0.4) is 0 Å². The molecular weight excluding hydrogens is 430 g/mol. The van der Waals surface area contributed by atoms with Crippen LogP contribution in [0.4, 0.5) is 0 Å². The Labute approximate surface area is 201 Å². The first-order valence-electron chi connectivity index (χ1n) is 12.1. The van der Waals surface area contributed by atoms with E-state index in [9.17, 15) is 14.4 Å². The third-order valence-electron chi connectivity index (χ3n) is 6.86. The highest BCUT2D eigenvalue weighted by atomic mass is 16.5. The minimum Gasteiger partial charge on any atom is -0.497 e. The quantitative estimate of drug-likeness (QED) is 0.713. The van der Waals surface area contributed by atoms with Crippen LogP contribution in [0.2, 0.25) is 0 Å². The lowest BCUT2D eigenvalue weighted by molar-refractivity contribution is -0.142. The van der Waals surface area contributed by atoms with E-state index in [4.69, 9.17) is 4.74 Å². The van der Waals surface area contributed by atoms with Gasteiger partial charge in [0.2, 0.25) is 11.8 Å². The lowest BCUT2D eigenvalue weighted by atomic mass is 9.98. The third-order valence-corrected chi connectivity index (χ3v) is 6.86. The van der Waals surface area contributed by atoms with E-state index in [-0.39, 0.29) is 17.7 Å². The molecule has 7 heteroatoms. The largest absolute Gasteiger partial charge is 0.497 e. The maximum Gasteiger partial charge on any atom is 0.254 e. The van der Waals surface area contributed by atoms with Crippen LogP contribution in [0.25, 0.3) is 0 Å². The van der Waals surface area contributed by atoms with Crippen molar-refractivity contribution in [2.75, 3.05) is 20.2 Å². The second kappa shape index (κ2) is 10.7. The molecule has 2 aromatic carbocycles. The van der Waals surface area contributed by atoms with Gasteiger partial charge < -0.3 is 19.9 Å². The fourth-order valence-electron chi connectivity index (χ4n) is 4.98. The molecule has 7 nitrogen and oxygen atoms in total. The smallest absolute Gasteiger partial charge is 0.254 e. The lowest BCUT2D eigenvalue weighted by Crippen LogP contribution is -2.56. The number of aryl methyl sites for hydroxylation is 1. The number of likely N-dealkylation sites (tertiary alicyclic amines) is 2. The van der Waals surface area contributed by atoms with Crippen molar-refractivity contribution in [2.45, 2.75) is 57.7 Å². The molecule has 2 atom stereocenters. The van der Waals surface area contributed by atoms with Gasteiger partial charge in [0.25, 0.3) is 5.91 Å². The van der Waals surface area contributed by atoms with E-state index in [2.05, 4.69) is 5.32 Å². The van der Waals surface area contributed by atoms with Crippen LogP contribution in [0.1, 0.15) is 53.6 Å². The van der Waals surface area contributed by atoms with E-state index in [0.717, 1.165) is 36.1 Å². The number of hydrogen-bond acceptors (Lipinski definition) is 4. The van der Waals surface area contributed by atoms with Gasteiger partial charge in [0, 0.05) is 25.2 Å². The van der Waals surface area contributed by atoms with Gasteiger partial charge in [-0.15, -0.1) is 0 Å². The summed E-state index contributed by atoms with van der Waals surface area (Å²) in [6.07, 6.45) is 3.82. The maximum absolute atomic E-state index is 13.6. The molecule has 2 heterocycles. The van der Waals surface area contributed by atoms with Crippen LogP contribution >= 0.6 is 0 Å². The number of nitrogens with zero attached hydrogens (tertiary/aromatic N) is 2. The highest BCUT2D eigenvalue weighted by Gasteiger charge is 2.41. The summed E-state index contributed by atoms with van der Waals surface area (Å²) in [6, 6.07) is 14.0. The van der Waals surface area contributed by atoms with Crippen molar-refractivity contribution in [2.24, 2.45) is 0 Å². The minimum absolute atomic E-state index is 0.102. The zero-order chi connectivity index (χ0) is 24.1. The van der Waals surface area contributed by atoms with Crippen molar-refractivity contribution in [3.8, 4) is 5.75 Å². The Bertz CT molecular complexity index is 1050. The molecule has 0 radical (unpaired) electrons. The summed E-state index contributed by atoms with van der Waals surface area (Å²) in [5, 5.41) is 2.98. The third kappa shape index (κ3) is 5.08. The molecule has 1 N–H and O–H groups in total. The van der Waals surface area contributed by atoms with Crippen molar-refractivity contribution < 1.29 is 19.1 Å². The van der Waals surface area contributed by atoms with E-state index in [1.54, 1.807) is 16.9 Å². The number of carbonyl (C=O) groups excluding carboxylic acids is 3. The van der Waals surface area contributed by atoms with E-state index in [0.29, 0.717) is 38.0 Å². The molecule has 4 rings (SSSR count). The first-order chi connectivity index (χ1) is 16.5. The first kappa shape index (κ1) is 23.8. The van der Waals surface area contributed by atoms with Gasteiger partial charge in [-0.25, -0.2) is 0 Å². The molecule has 0 bridgehead atoms. The Morgan fingerprint density at radius 2 is 1.71 bits per heavy atom. The summed E-state index contributed by atoms with van der Waals surface area (Å²) < 4.78 is 5.25. The van der Waals surface area contributed by atoms with Gasteiger partial charge in [-0.1, -0.05) is 30.3 Å². The van der Waals surface area contributed by atoms with Crippen LogP contribution in [-0.2, 0) is 16.1 Å². The predicted octanol–water partition coefficient (Wildman–Crippen LogP) is 3.31. The zero-order valence-corrected chi connectivity index (χ0v) is 20.0. The highest BCUT2D eigenvalue weighted by Crippen LogP contribution is 2.26. The summed E-state index contributed by atoms with van der Waals surface area (Å²) in [5.74, 6) is 0.372. The predicted molar refractivity (Wildman–Crippen MR) is 129 cm³/mol. The molecule has 2 fully saturated rings. The Morgan fingerprint density at radius 3 is 2.50 bits per heavy atom. The fraction of sp³-hybridized carbons (Fsp3) is 0.444. The molecule has 2 aromatic rings. The molecule has 180 valence electrons. The van der Waals surface area contributed by atoms with Gasteiger partial charge in [0.05, 0.1) is 7.11 Å². The van der Waals surface area contributed by atoms with E-state index in [1.165, 1.54) is 0 Å². The number of piperidine rings is 1. The van der Waals surface area contributed by atoms with E-state index >= 15 is 0 Å². The summed E-state index contributed by atoms with van der Waals surface area (Å²) in [6.45, 7) is 3.39. The number of methoxy groups -OCH3 is 1. The molecule has 0 aliphatic carbocycles. The van der Waals surface area contributed by atoms with E-state index in [1.807, 2.05) is 55.5 Å². The molecule has 0 unspecified atom stereocenters.